The van der Waals surface area contributed by atoms with E-state index >= 15 is 0 Å². The zero-order valence-electron chi connectivity index (χ0n) is 10.1. The molecule has 1 aromatic rings. The van der Waals surface area contributed by atoms with E-state index in [-0.39, 0.29) is 11.9 Å². The highest BCUT2D eigenvalue weighted by molar-refractivity contribution is 5.84. The quantitative estimate of drug-likeness (QED) is 0.795. The first-order valence-corrected chi connectivity index (χ1v) is 5.12. The Morgan fingerprint density at radius 3 is 2.75 bits per heavy atom. The van der Waals surface area contributed by atoms with Crippen molar-refractivity contribution in [3.05, 3.63) is 17.8 Å². The number of nitrogen functional groups attached to an aromatic ring is 1. The van der Waals surface area contributed by atoms with Crippen LogP contribution in [0.4, 0.5) is 11.5 Å². The average Bonchev–Trinajstić information content (AvgIpc) is 2.23. The van der Waals surface area contributed by atoms with Crippen molar-refractivity contribution in [2.75, 3.05) is 25.1 Å². The highest BCUT2D eigenvalue weighted by Crippen LogP contribution is 2.19. The number of amides is 1. The summed E-state index contributed by atoms with van der Waals surface area (Å²) in [5, 5.41) is 3.00. The monoisotopic (exact) mass is 222 g/mol. The third-order valence-electron chi connectivity index (χ3n) is 2.37. The summed E-state index contributed by atoms with van der Waals surface area (Å²) < 4.78 is 0. The Kier molecular flexibility index (Phi) is 3.71. The summed E-state index contributed by atoms with van der Waals surface area (Å²) in [7, 11) is 3.43. The van der Waals surface area contributed by atoms with Crippen LogP contribution in [0.25, 0.3) is 0 Å². The molecule has 0 spiro atoms. The van der Waals surface area contributed by atoms with Crippen LogP contribution in [0.1, 0.15) is 12.5 Å². The van der Waals surface area contributed by atoms with Gasteiger partial charge in [-0.05, 0) is 25.5 Å². The molecule has 16 heavy (non-hydrogen) atoms. The first-order valence-electron chi connectivity index (χ1n) is 5.12. The molecule has 88 valence electrons. The van der Waals surface area contributed by atoms with Crippen LogP contribution >= 0.6 is 0 Å². The van der Waals surface area contributed by atoms with E-state index in [2.05, 4.69) is 10.3 Å². The van der Waals surface area contributed by atoms with Crippen molar-refractivity contribution in [2.45, 2.75) is 19.9 Å². The van der Waals surface area contributed by atoms with Crippen LogP contribution in [0.2, 0.25) is 0 Å². The van der Waals surface area contributed by atoms with E-state index in [1.165, 1.54) is 4.90 Å². The van der Waals surface area contributed by atoms with Crippen LogP contribution in [0, 0.1) is 6.92 Å². The van der Waals surface area contributed by atoms with Crippen molar-refractivity contribution in [3.8, 4) is 0 Å². The van der Waals surface area contributed by atoms with E-state index in [0.717, 1.165) is 5.56 Å². The van der Waals surface area contributed by atoms with Crippen molar-refractivity contribution in [1.82, 2.24) is 9.88 Å². The maximum absolute atomic E-state index is 11.6. The second-order valence-electron chi connectivity index (χ2n) is 3.99. The average molecular weight is 222 g/mol. The largest absolute Gasteiger partial charge is 0.396 e. The molecule has 0 fully saturated rings. The number of likely N-dealkylation sites (N-methyl/N-ethyl adjacent to an activating group) is 1. The zero-order valence-corrected chi connectivity index (χ0v) is 10.1. The summed E-state index contributed by atoms with van der Waals surface area (Å²) in [5.41, 5.74) is 7.39. The third-order valence-corrected chi connectivity index (χ3v) is 2.37. The van der Waals surface area contributed by atoms with Gasteiger partial charge in [-0.2, -0.15) is 0 Å². The fourth-order valence-corrected chi connectivity index (χ4v) is 1.34. The van der Waals surface area contributed by atoms with Crippen LogP contribution in [0.5, 0.6) is 0 Å². The van der Waals surface area contributed by atoms with Gasteiger partial charge in [0.05, 0.1) is 5.69 Å². The first-order chi connectivity index (χ1) is 7.43. The molecule has 0 saturated carbocycles. The molecule has 5 heteroatoms. The molecule has 1 atom stereocenters. The molecule has 1 amide bonds. The summed E-state index contributed by atoms with van der Waals surface area (Å²) in [5.74, 6) is 0.547. The molecular weight excluding hydrogens is 204 g/mol. The van der Waals surface area contributed by atoms with E-state index in [4.69, 9.17) is 5.73 Å². The number of aryl methyl sites for hydroxylation is 1. The van der Waals surface area contributed by atoms with E-state index in [9.17, 15) is 4.79 Å². The molecule has 3 N–H and O–H groups in total. The van der Waals surface area contributed by atoms with E-state index in [1.807, 2.05) is 13.0 Å². The predicted molar refractivity (Wildman–Crippen MR) is 65.2 cm³/mol. The summed E-state index contributed by atoms with van der Waals surface area (Å²) >= 11 is 0. The summed E-state index contributed by atoms with van der Waals surface area (Å²) in [6, 6.07) is 1.49. The molecule has 0 aliphatic carbocycles. The minimum atomic E-state index is -0.341. The van der Waals surface area contributed by atoms with Gasteiger partial charge >= 0.3 is 0 Å². The number of nitrogens with two attached hydrogens (primary N) is 1. The molecule has 1 aromatic heterocycles. The summed E-state index contributed by atoms with van der Waals surface area (Å²) in [6.07, 6.45) is 1.67. The lowest BCUT2D eigenvalue weighted by atomic mass is 10.2. The highest BCUT2D eigenvalue weighted by Gasteiger charge is 2.16. The van der Waals surface area contributed by atoms with Gasteiger partial charge in [-0.3, -0.25) is 4.79 Å². The van der Waals surface area contributed by atoms with Crippen molar-refractivity contribution >= 4 is 17.4 Å². The van der Waals surface area contributed by atoms with Gasteiger partial charge in [-0.1, -0.05) is 0 Å². The number of aromatic nitrogens is 1. The van der Waals surface area contributed by atoms with E-state index < -0.39 is 0 Å². The van der Waals surface area contributed by atoms with Crippen molar-refractivity contribution in [2.24, 2.45) is 0 Å². The molecule has 1 rings (SSSR count). The van der Waals surface area contributed by atoms with Gasteiger partial charge < -0.3 is 16.0 Å². The van der Waals surface area contributed by atoms with Gasteiger partial charge in [0.25, 0.3) is 0 Å². The SMILES string of the molecule is Cc1ccnc(NC(C)C(=O)N(C)C)c1N. The number of nitrogens with zero attached hydrogens (tertiary/aromatic N) is 2. The van der Waals surface area contributed by atoms with Crippen LogP contribution in [-0.2, 0) is 4.79 Å². The molecule has 0 aliphatic heterocycles. The molecule has 0 radical (unpaired) electrons. The number of pyridine rings is 1. The molecule has 0 bridgehead atoms. The molecule has 0 saturated heterocycles. The summed E-state index contributed by atoms with van der Waals surface area (Å²) in [6.45, 7) is 3.69. The van der Waals surface area contributed by atoms with Crippen LogP contribution in [0.3, 0.4) is 0 Å². The first kappa shape index (κ1) is 12.3. The number of nitrogens with one attached hydrogen (secondary N) is 1. The second-order valence-corrected chi connectivity index (χ2v) is 3.99. The lowest BCUT2D eigenvalue weighted by Gasteiger charge is -2.19. The molecule has 5 nitrogen and oxygen atoms in total. The number of anilines is 2. The Hall–Kier alpha value is -1.78. The Bertz CT molecular complexity index is 390. The Labute approximate surface area is 95.7 Å². The third kappa shape index (κ3) is 2.62. The van der Waals surface area contributed by atoms with E-state index in [0.29, 0.717) is 11.5 Å². The van der Waals surface area contributed by atoms with Crippen LogP contribution in [-0.4, -0.2) is 35.9 Å². The Morgan fingerprint density at radius 1 is 1.56 bits per heavy atom. The van der Waals surface area contributed by atoms with Gasteiger partial charge in [0.1, 0.15) is 11.9 Å². The van der Waals surface area contributed by atoms with Gasteiger partial charge in [-0.25, -0.2) is 4.98 Å². The number of rotatable bonds is 3. The van der Waals surface area contributed by atoms with E-state index in [1.54, 1.807) is 27.2 Å². The summed E-state index contributed by atoms with van der Waals surface area (Å²) in [4.78, 5) is 17.3. The second kappa shape index (κ2) is 4.83. The molecular formula is C11H18N4O. The van der Waals surface area contributed by atoms with Crippen molar-refractivity contribution in [3.63, 3.8) is 0 Å². The lowest BCUT2D eigenvalue weighted by Crippen LogP contribution is -2.37. The maximum Gasteiger partial charge on any atom is 0.244 e. The number of hydrogen-bond acceptors (Lipinski definition) is 4. The molecule has 1 unspecified atom stereocenters. The fraction of sp³-hybridized carbons (Fsp3) is 0.455. The van der Waals surface area contributed by atoms with Crippen LogP contribution < -0.4 is 11.1 Å². The van der Waals surface area contributed by atoms with Gasteiger partial charge in [0, 0.05) is 20.3 Å². The maximum atomic E-state index is 11.6. The number of hydrogen-bond donors (Lipinski definition) is 2. The van der Waals surface area contributed by atoms with Crippen molar-refractivity contribution in [1.29, 1.82) is 0 Å². The lowest BCUT2D eigenvalue weighted by molar-refractivity contribution is -0.129. The predicted octanol–water partition coefficient (Wildman–Crippen LogP) is 0.861. The van der Waals surface area contributed by atoms with Gasteiger partial charge in [0.2, 0.25) is 5.91 Å². The Morgan fingerprint density at radius 2 is 2.19 bits per heavy atom. The number of carbonyl (C=O) groups is 1. The standard InChI is InChI=1S/C11H18N4O/c1-7-5-6-13-10(9(7)12)14-8(2)11(16)15(3)4/h5-6,8H,12H2,1-4H3,(H,13,14). The van der Waals surface area contributed by atoms with Gasteiger partial charge in [0.15, 0.2) is 0 Å². The topological polar surface area (TPSA) is 71.2 Å². The fourth-order valence-electron chi connectivity index (χ4n) is 1.34. The van der Waals surface area contributed by atoms with Crippen LogP contribution in [0.15, 0.2) is 12.3 Å². The van der Waals surface area contributed by atoms with Crippen molar-refractivity contribution < 1.29 is 4.79 Å². The molecule has 0 aliphatic rings. The highest BCUT2D eigenvalue weighted by atomic mass is 16.2. The minimum absolute atomic E-state index is 0.0114. The minimum Gasteiger partial charge on any atom is -0.396 e. The molecule has 0 aromatic carbocycles. The smallest absolute Gasteiger partial charge is 0.244 e. The zero-order chi connectivity index (χ0) is 12.3. The Balaban J connectivity index is 2.81. The normalized spacial score (nSPS) is 12.0. The molecule has 1 heterocycles. The van der Waals surface area contributed by atoms with Gasteiger partial charge in [-0.15, -0.1) is 0 Å². The number of carbonyl (C=O) groups excluding carboxylic acids is 1.